The second-order valence-corrected chi connectivity index (χ2v) is 8.53. The third-order valence-electron chi connectivity index (χ3n) is 5.08. The van der Waals surface area contributed by atoms with E-state index in [2.05, 4.69) is 15.9 Å². The molecule has 0 N–H and O–H groups in total. The van der Waals surface area contributed by atoms with E-state index >= 15 is 0 Å². The summed E-state index contributed by atoms with van der Waals surface area (Å²) >= 11 is 15.9. The van der Waals surface area contributed by atoms with Crippen LogP contribution < -0.4 is 4.90 Å². The first-order valence-electron chi connectivity index (χ1n) is 8.75. The molecule has 4 rings (SSSR count). The Hall–Kier alpha value is -1.62. The van der Waals surface area contributed by atoms with E-state index in [0.717, 1.165) is 27.7 Å². The fourth-order valence-corrected chi connectivity index (χ4v) is 4.85. The number of ketones is 1. The van der Waals surface area contributed by atoms with Gasteiger partial charge in [-0.05, 0) is 48.7 Å². The average Bonchev–Trinajstić information content (AvgIpc) is 2.62. The predicted octanol–water partition coefficient (Wildman–Crippen LogP) is 6.28. The van der Waals surface area contributed by atoms with Crippen molar-refractivity contribution in [3.63, 3.8) is 0 Å². The van der Waals surface area contributed by atoms with Gasteiger partial charge in [-0.1, -0.05) is 51.3 Å². The average molecular weight is 465 g/mol. The van der Waals surface area contributed by atoms with Crippen LogP contribution in [0.3, 0.4) is 0 Å². The van der Waals surface area contributed by atoms with Crippen LogP contribution in [0.4, 0.5) is 5.69 Å². The van der Waals surface area contributed by atoms with Gasteiger partial charge in [-0.25, -0.2) is 0 Å². The van der Waals surface area contributed by atoms with Crippen molar-refractivity contribution in [3.05, 3.63) is 73.8 Å². The number of hydrogen-bond donors (Lipinski definition) is 0. The van der Waals surface area contributed by atoms with E-state index in [1.54, 1.807) is 23.1 Å². The van der Waals surface area contributed by atoms with Crippen LogP contribution in [-0.2, 0) is 9.59 Å². The number of carbonyl (C=O) groups is 2. The van der Waals surface area contributed by atoms with Crippen LogP contribution in [0.2, 0.25) is 10.0 Å². The molecule has 6 heteroatoms. The Balaban J connectivity index is 1.88. The van der Waals surface area contributed by atoms with Gasteiger partial charge in [-0.2, -0.15) is 0 Å². The molecule has 0 bridgehead atoms. The van der Waals surface area contributed by atoms with E-state index in [0.29, 0.717) is 28.6 Å². The molecule has 138 valence electrons. The summed E-state index contributed by atoms with van der Waals surface area (Å²) in [6.07, 6.45) is 2.16. The summed E-state index contributed by atoms with van der Waals surface area (Å²) in [6, 6.07) is 12.9. The normalized spacial score (nSPS) is 20.1. The van der Waals surface area contributed by atoms with Crippen molar-refractivity contribution < 1.29 is 9.59 Å². The molecule has 1 heterocycles. The van der Waals surface area contributed by atoms with Gasteiger partial charge in [0.15, 0.2) is 5.78 Å². The van der Waals surface area contributed by atoms with Gasteiger partial charge in [-0.3, -0.25) is 14.5 Å². The van der Waals surface area contributed by atoms with Gasteiger partial charge in [0.1, 0.15) is 0 Å². The van der Waals surface area contributed by atoms with Crippen molar-refractivity contribution in [2.24, 2.45) is 0 Å². The zero-order valence-corrected chi connectivity index (χ0v) is 17.4. The summed E-state index contributed by atoms with van der Waals surface area (Å²) in [7, 11) is 0. The minimum Gasteiger partial charge on any atom is -0.294 e. The summed E-state index contributed by atoms with van der Waals surface area (Å²) in [4.78, 5) is 27.6. The molecule has 0 radical (unpaired) electrons. The van der Waals surface area contributed by atoms with Crippen LogP contribution in [0.25, 0.3) is 0 Å². The monoisotopic (exact) mass is 463 g/mol. The number of carbonyl (C=O) groups excluding carboxylic acids is 2. The number of rotatable bonds is 2. The fourth-order valence-electron chi connectivity index (χ4n) is 3.94. The predicted molar refractivity (Wildman–Crippen MR) is 111 cm³/mol. The number of hydrogen-bond acceptors (Lipinski definition) is 2. The van der Waals surface area contributed by atoms with E-state index in [1.165, 1.54) is 0 Å². The topological polar surface area (TPSA) is 37.4 Å². The fraction of sp³-hybridized carbons (Fsp3) is 0.238. The number of benzene rings is 2. The molecule has 0 aromatic heterocycles. The van der Waals surface area contributed by atoms with Crippen molar-refractivity contribution in [2.45, 2.75) is 31.6 Å². The highest BCUT2D eigenvalue weighted by Gasteiger charge is 2.40. The maximum Gasteiger partial charge on any atom is 0.232 e. The van der Waals surface area contributed by atoms with E-state index in [4.69, 9.17) is 23.2 Å². The third kappa shape index (κ3) is 3.46. The van der Waals surface area contributed by atoms with Crippen molar-refractivity contribution >= 4 is 56.5 Å². The summed E-state index contributed by atoms with van der Waals surface area (Å²) in [5.74, 6) is -0.165. The maximum atomic E-state index is 13.1. The van der Waals surface area contributed by atoms with Gasteiger partial charge < -0.3 is 0 Å². The van der Waals surface area contributed by atoms with E-state index < -0.39 is 0 Å². The minimum absolute atomic E-state index is 0.0577. The number of amides is 1. The zero-order valence-electron chi connectivity index (χ0n) is 14.3. The van der Waals surface area contributed by atoms with Gasteiger partial charge in [-0.15, -0.1) is 0 Å². The Kier molecular flexibility index (Phi) is 5.15. The quantitative estimate of drug-likeness (QED) is 0.524. The van der Waals surface area contributed by atoms with Gasteiger partial charge in [0.05, 0.1) is 10.7 Å². The third-order valence-corrected chi connectivity index (χ3v) is 6.11. The van der Waals surface area contributed by atoms with E-state index in [-0.39, 0.29) is 24.0 Å². The van der Waals surface area contributed by atoms with Crippen molar-refractivity contribution in [1.82, 2.24) is 0 Å². The molecule has 0 spiro atoms. The van der Waals surface area contributed by atoms with Crippen LogP contribution in [0.1, 0.15) is 37.2 Å². The molecule has 1 unspecified atom stereocenters. The molecule has 0 saturated heterocycles. The van der Waals surface area contributed by atoms with Crippen LogP contribution >= 0.6 is 39.1 Å². The first kappa shape index (κ1) is 18.7. The number of allylic oxidation sites excluding steroid dienone is 2. The lowest BCUT2D eigenvalue weighted by molar-refractivity contribution is -0.119. The molecule has 1 aliphatic carbocycles. The minimum atomic E-state index is -0.222. The second kappa shape index (κ2) is 7.42. The summed E-state index contributed by atoms with van der Waals surface area (Å²) in [5.41, 5.74) is 3.07. The Morgan fingerprint density at radius 2 is 1.85 bits per heavy atom. The number of Topliss-reactive ketones (excluding diaryl/α,β-unsaturated/α-hetero) is 1. The standard InChI is InChI=1S/C21H16BrCl2NO2/c22-13-4-1-3-12(9-13)15-11-20(27)25(17-8-7-14(23)10-16(17)24)18-5-2-6-19(26)21(15)18/h1,3-4,7-10,15H,2,5-6,11H2. The summed E-state index contributed by atoms with van der Waals surface area (Å²) < 4.78 is 0.932. The Morgan fingerprint density at radius 1 is 1.04 bits per heavy atom. The molecule has 2 aliphatic rings. The second-order valence-electron chi connectivity index (χ2n) is 6.77. The molecule has 1 atom stereocenters. The van der Waals surface area contributed by atoms with Gasteiger partial charge in [0.25, 0.3) is 0 Å². The number of nitrogens with zero attached hydrogens (tertiary/aromatic N) is 1. The lowest BCUT2D eigenvalue weighted by atomic mass is 9.77. The van der Waals surface area contributed by atoms with Crippen LogP contribution in [0.15, 0.2) is 58.2 Å². The number of anilines is 1. The smallest absolute Gasteiger partial charge is 0.232 e. The van der Waals surface area contributed by atoms with Crippen molar-refractivity contribution in [2.75, 3.05) is 4.90 Å². The van der Waals surface area contributed by atoms with Gasteiger partial charge in [0.2, 0.25) is 5.91 Å². The molecule has 1 amide bonds. The highest BCUT2D eigenvalue weighted by atomic mass is 79.9. The Bertz CT molecular complexity index is 986. The molecular weight excluding hydrogens is 449 g/mol. The SMILES string of the molecule is O=C1CCCC2=C1C(c1cccc(Br)c1)CC(=O)N2c1ccc(Cl)cc1Cl. The molecule has 27 heavy (non-hydrogen) atoms. The van der Waals surface area contributed by atoms with Crippen molar-refractivity contribution in [3.8, 4) is 0 Å². The lowest BCUT2D eigenvalue weighted by Gasteiger charge is -2.38. The molecule has 0 fully saturated rings. The number of halogens is 3. The van der Waals surface area contributed by atoms with Crippen LogP contribution in [0, 0.1) is 0 Å². The summed E-state index contributed by atoms with van der Waals surface area (Å²) in [5, 5.41) is 0.913. The van der Waals surface area contributed by atoms with Crippen LogP contribution in [-0.4, -0.2) is 11.7 Å². The maximum absolute atomic E-state index is 13.1. The highest BCUT2D eigenvalue weighted by molar-refractivity contribution is 9.10. The van der Waals surface area contributed by atoms with Crippen LogP contribution in [0.5, 0.6) is 0 Å². The van der Waals surface area contributed by atoms with Crippen molar-refractivity contribution in [1.29, 1.82) is 0 Å². The molecule has 2 aromatic rings. The zero-order chi connectivity index (χ0) is 19.1. The first-order chi connectivity index (χ1) is 13.0. The van der Waals surface area contributed by atoms with Gasteiger partial charge >= 0.3 is 0 Å². The molecule has 0 saturated carbocycles. The lowest BCUT2D eigenvalue weighted by Crippen LogP contribution is -2.40. The summed E-state index contributed by atoms with van der Waals surface area (Å²) in [6.45, 7) is 0. The van der Waals surface area contributed by atoms with E-state index in [9.17, 15) is 9.59 Å². The van der Waals surface area contributed by atoms with E-state index in [1.807, 2.05) is 24.3 Å². The Labute approximate surface area is 176 Å². The first-order valence-corrected chi connectivity index (χ1v) is 10.3. The molecular formula is C21H16BrCl2NO2. The molecule has 3 nitrogen and oxygen atoms in total. The molecule has 1 aliphatic heterocycles. The highest BCUT2D eigenvalue weighted by Crippen LogP contribution is 2.45. The Morgan fingerprint density at radius 3 is 2.59 bits per heavy atom. The largest absolute Gasteiger partial charge is 0.294 e. The molecule has 2 aromatic carbocycles. The van der Waals surface area contributed by atoms with Gasteiger partial charge in [0, 0.05) is 39.5 Å².